The van der Waals surface area contributed by atoms with Crippen molar-refractivity contribution in [3.63, 3.8) is 0 Å². The fourth-order valence-electron chi connectivity index (χ4n) is 1.86. The van der Waals surface area contributed by atoms with E-state index in [-0.39, 0.29) is 0 Å². The number of anilines is 1. The largest absolute Gasteiger partial charge is 0.493 e. The first-order valence-corrected chi connectivity index (χ1v) is 7.05. The van der Waals surface area contributed by atoms with E-state index in [1.54, 1.807) is 18.2 Å². The Morgan fingerprint density at radius 2 is 1.67 bits per heavy atom. The molecule has 2 N–H and O–H groups in total. The molecular formula is C17H17N3O4. The first-order valence-electron chi connectivity index (χ1n) is 7.05. The lowest BCUT2D eigenvalue weighted by Gasteiger charge is -2.10. The summed E-state index contributed by atoms with van der Waals surface area (Å²) in [4.78, 5) is 23.6. The molecular weight excluding hydrogens is 310 g/mol. The zero-order chi connectivity index (χ0) is 17.4. The van der Waals surface area contributed by atoms with Gasteiger partial charge in [-0.3, -0.25) is 9.59 Å². The molecule has 2 aromatic carbocycles. The smallest absolute Gasteiger partial charge is 0.329 e. The van der Waals surface area contributed by atoms with Crippen LogP contribution in [-0.2, 0) is 9.59 Å². The van der Waals surface area contributed by atoms with Crippen LogP contribution in [0.3, 0.4) is 0 Å². The maximum atomic E-state index is 11.8. The predicted molar refractivity (Wildman–Crippen MR) is 90.4 cm³/mol. The Labute approximate surface area is 139 Å². The minimum absolute atomic E-state index is 0.403. The number of hydrogen-bond donors (Lipinski definition) is 2. The van der Waals surface area contributed by atoms with Crippen molar-refractivity contribution in [2.45, 2.75) is 0 Å². The summed E-state index contributed by atoms with van der Waals surface area (Å²) in [5, 5.41) is 6.19. The van der Waals surface area contributed by atoms with Gasteiger partial charge in [0.1, 0.15) is 0 Å². The van der Waals surface area contributed by atoms with Crippen molar-refractivity contribution in [1.29, 1.82) is 0 Å². The summed E-state index contributed by atoms with van der Waals surface area (Å²) in [5.74, 6) is -0.755. The van der Waals surface area contributed by atoms with Gasteiger partial charge in [0.15, 0.2) is 11.5 Å². The number of amides is 2. The fourth-order valence-corrected chi connectivity index (χ4v) is 1.86. The molecule has 24 heavy (non-hydrogen) atoms. The van der Waals surface area contributed by atoms with E-state index < -0.39 is 11.8 Å². The number of carbonyl (C=O) groups excluding carboxylic acids is 2. The second-order valence-corrected chi connectivity index (χ2v) is 4.63. The zero-order valence-corrected chi connectivity index (χ0v) is 13.3. The molecule has 0 saturated heterocycles. The number of carbonyl (C=O) groups is 2. The van der Waals surface area contributed by atoms with Gasteiger partial charge < -0.3 is 14.8 Å². The Morgan fingerprint density at radius 3 is 2.33 bits per heavy atom. The molecule has 0 unspecified atom stereocenters. The minimum Gasteiger partial charge on any atom is -0.493 e. The summed E-state index contributed by atoms with van der Waals surface area (Å²) >= 11 is 0. The highest BCUT2D eigenvalue weighted by Gasteiger charge is 2.14. The quantitative estimate of drug-likeness (QED) is 0.498. The third-order valence-electron chi connectivity index (χ3n) is 3.03. The van der Waals surface area contributed by atoms with Crippen LogP contribution in [0, 0.1) is 0 Å². The van der Waals surface area contributed by atoms with Crippen molar-refractivity contribution in [2.24, 2.45) is 5.10 Å². The summed E-state index contributed by atoms with van der Waals surface area (Å²) in [6.45, 7) is 0. The number of rotatable bonds is 5. The van der Waals surface area contributed by atoms with Gasteiger partial charge in [0, 0.05) is 11.8 Å². The van der Waals surface area contributed by atoms with Gasteiger partial charge in [0.2, 0.25) is 0 Å². The molecule has 2 amide bonds. The Morgan fingerprint density at radius 1 is 0.958 bits per heavy atom. The van der Waals surface area contributed by atoms with Crippen LogP contribution in [0.15, 0.2) is 53.6 Å². The van der Waals surface area contributed by atoms with E-state index in [1.807, 2.05) is 30.3 Å². The lowest BCUT2D eigenvalue weighted by atomic mass is 10.2. The van der Waals surface area contributed by atoms with Crippen molar-refractivity contribution in [3.8, 4) is 11.5 Å². The van der Waals surface area contributed by atoms with E-state index in [2.05, 4.69) is 15.8 Å². The molecule has 0 atom stereocenters. The second kappa shape index (κ2) is 8.33. The number of hydrogen-bond acceptors (Lipinski definition) is 5. The van der Waals surface area contributed by atoms with Gasteiger partial charge in [0.05, 0.1) is 20.4 Å². The zero-order valence-electron chi connectivity index (χ0n) is 13.3. The molecule has 0 aliphatic heterocycles. The molecule has 0 saturated carbocycles. The normalized spacial score (nSPS) is 10.2. The van der Waals surface area contributed by atoms with E-state index in [0.29, 0.717) is 17.2 Å². The monoisotopic (exact) mass is 327 g/mol. The van der Waals surface area contributed by atoms with Crippen LogP contribution in [0.1, 0.15) is 5.56 Å². The number of benzene rings is 2. The van der Waals surface area contributed by atoms with Crippen LogP contribution in [0.4, 0.5) is 5.69 Å². The predicted octanol–water partition coefficient (Wildman–Crippen LogP) is 1.79. The topological polar surface area (TPSA) is 89.0 Å². The molecule has 2 aromatic rings. The fraction of sp³-hybridized carbons (Fsp3) is 0.118. The number of ether oxygens (including phenoxy) is 2. The Bertz CT molecular complexity index is 745. The highest BCUT2D eigenvalue weighted by Crippen LogP contribution is 2.29. The lowest BCUT2D eigenvalue weighted by Crippen LogP contribution is -2.32. The maximum Gasteiger partial charge on any atom is 0.329 e. The van der Waals surface area contributed by atoms with Crippen LogP contribution in [0.25, 0.3) is 0 Å². The molecule has 2 rings (SSSR count). The molecule has 0 fully saturated rings. The van der Waals surface area contributed by atoms with E-state index in [9.17, 15) is 9.59 Å². The third-order valence-corrected chi connectivity index (χ3v) is 3.03. The van der Waals surface area contributed by atoms with Crippen LogP contribution in [0.5, 0.6) is 11.5 Å². The number of nitrogens with one attached hydrogen (secondary N) is 2. The lowest BCUT2D eigenvalue weighted by molar-refractivity contribution is -0.136. The van der Waals surface area contributed by atoms with Crippen molar-refractivity contribution in [1.82, 2.24) is 5.43 Å². The molecule has 7 heteroatoms. The van der Waals surface area contributed by atoms with Crippen LogP contribution in [0.2, 0.25) is 0 Å². The second-order valence-electron chi connectivity index (χ2n) is 4.63. The van der Waals surface area contributed by atoms with Crippen LogP contribution in [-0.4, -0.2) is 32.2 Å². The molecule has 0 spiro atoms. The SMILES string of the molecule is COc1ccc(NC(=O)C(=O)N/N=C\c2ccccc2)cc1OC. The average Bonchev–Trinajstić information content (AvgIpc) is 2.62. The van der Waals surface area contributed by atoms with E-state index in [4.69, 9.17) is 9.47 Å². The molecule has 124 valence electrons. The summed E-state index contributed by atoms with van der Waals surface area (Å²) in [5.41, 5.74) is 3.37. The Hall–Kier alpha value is -3.35. The molecule has 0 aromatic heterocycles. The van der Waals surface area contributed by atoms with Crippen molar-refractivity contribution < 1.29 is 19.1 Å². The van der Waals surface area contributed by atoms with Gasteiger partial charge in [-0.15, -0.1) is 0 Å². The molecule has 0 aliphatic rings. The van der Waals surface area contributed by atoms with Gasteiger partial charge >= 0.3 is 11.8 Å². The first kappa shape index (κ1) is 17.0. The van der Waals surface area contributed by atoms with Crippen molar-refractivity contribution in [3.05, 3.63) is 54.1 Å². The van der Waals surface area contributed by atoms with Crippen molar-refractivity contribution in [2.75, 3.05) is 19.5 Å². The number of nitrogens with zero attached hydrogens (tertiary/aromatic N) is 1. The highest BCUT2D eigenvalue weighted by molar-refractivity contribution is 6.39. The van der Waals surface area contributed by atoms with E-state index >= 15 is 0 Å². The third kappa shape index (κ3) is 4.57. The van der Waals surface area contributed by atoms with Gasteiger partial charge in [-0.05, 0) is 17.7 Å². The Kier molecular flexibility index (Phi) is 5.90. The minimum atomic E-state index is -0.878. The molecule has 0 radical (unpaired) electrons. The van der Waals surface area contributed by atoms with Gasteiger partial charge in [-0.25, -0.2) is 5.43 Å². The molecule has 0 aliphatic carbocycles. The highest BCUT2D eigenvalue weighted by atomic mass is 16.5. The standard InChI is InChI=1S/C17H17N3O4/c1-23-14-9-8-13(10-15(14)24-2)19-16(21)17(22)20-18-11-12-6-4-3-5-7-12/h3-11H,1-2H3,(H,19,21)(H,20,22)/b18-11-. The van der Waals surface area contributed by atoms with Gasteiger partial charge in [-0.2, -0.15) is 5.10 Å². The molecule has 7 nitrogen and oxygen atoms in total. The number of hydrazone groups is 1. The van der Waals surface area contributed by atoms with E-state index in [0.717, 1.165) is 5.56 Å². The number of methoxy groups -OCH3 is 2. The van der Waals surface area contributed by atoms with Crippen LogP contribution < -0.4 is 20.2 Å². The van der Waals surface area contributed by atoms with Crippen molar-refractivity contribution >= 4 is 23.7 Å². The van der Waals surface area contributed by atoms with Gasteiger partial charge in [0.25, 0.3) is 0 Å². The average molecular weight is 327 g/mol. The summed E-state index contributed by atoms with van der Waals surface area (Å²) in [6, 6.07) is 14.0. The maximum absolute atomic E-state index is 11.8. The summed E-state index contributed by atoms with van der Waals surface area (Å²) in [7, 11) is 2.99. The summed E-state index contributed by atoms with van der Waals surface area (Å²) in [6.07, 6.45) is 1.45. The molecule has 0 bridgehead atoms. The van der Waals surface area contributed by atoms with Crippen LogP contribution >= 0.6 is 0 Å². The van der Waals surface area contributed by atoms with Gasteiger partial charge in [-0.1, -0.05) is 30.3 Å². The first-order chi connectivity index (χ1) is 11.6. The Balaban J connectivity index is 1.94. The van der Waals surface area contributed by atoms with E-state index in [1.165, 1.54) is 20.4 Å². The molecule has 0 heterocycles. The summed E-state index contributed by atoms with van der Waals surface area (Å²) < 4.78 is 10.2.